The van der Waals surface area contributed by atoms with Gasteiger partial charge in [0.25, 0.3) is 0 Å². The number of hydrogen-bond acceptors (Lipinski definition) is 5. The van der Waals surface area contributed by atoms with E-state index in [-0.39, 0.29) is 0 Å². The molecule has 0 aliphatic heterocycles. The molecular formula is C14H31O4PS2. The van der Waals surface area contributed by atoms with Crippen molar-refractivity contribution in [2.24, 2.45) is 0 Å². The van der Waals surface area contributed by atoms with Gasteiger partial charge in [-0.25, -0.2) is 0 Å². The van der Waals surface area contributed by atoms with Crippen LogP contribution in [0.15, 0.2) is 0 Å². The number of methoxy groups -OCH3 is 1. The first-order chi connectivity index (χ1) is 10.1. The quantitative estimate of drug-likeness (QED) is 0.239. The van der Waals surface area contributed by atoms with Crippen molar-refractivity contribution in [3.05, 3.63) is 0 Å². The second-order valence-corrected chi connectivity index (χ2v) is 9.67. The van der Waals surface area contributed by atoms with E-state index in [0.717, 1.165) is 19.4 Å². The maximum absolute atomic E-state index is 10.9. The van der Waals surface area contributed by atoms with E-state index in [4.69, 9.17) is 14.2 Å². The molecule has 128 valence electrons. The van der Waals surface area contributed by atoms with Crippen LogP contribution in [0.5, 0.6) is 0 Å². The molecule has 1 unspecified atom stereocenters. The summed E-state index contributed by atoms with van der Waals surface area (Å²) in [6.07, 6.45) is 9.41. The zero-order chi connectivity index (χ0) is 15.8. The minimum atomic E-state index is -3.27. The van der Waals surface area contributed by atoms with Crippen LogP contribution in [0.4, 0.5) is 0 Å². The van der Waals surface area contributed by atoms with Gasteiger partial charge in [0.2, 0.25) is 0 Å². The van der Waals surface area contributed by atoms with Crippen molar-refractivity contribution >= 4 is 29.2 Å². The van der Waals surface area contributed by atoms with Gasteiger partial charge in [0, 0.05) is 31.9 Å². The molecule has 0 aliphatic carbocycles. The fraction of sp³-hybridized carbons (Fsp3) is 1.00. The average molecular weight is 359 g/mol. The molecule has 0 amide bonds. The van der Waals surface area contributed by atoms with Crippen LogP contribution in [0.1, 0.15) is 51.4 Å². The first kappa shape index (κ1) is 21.8. The Kier molecular flexibility index (Phi) is 16.3. The number of rotatable bonds is 16. The van der Waals surface area contributed by atoms with Crippen LogP contribution in [0.2, 0.25) is 0 Å². The number of unbranched alkanes of at least 4 members (excludes halogenated alkanes) is 6. The van der Waals surface area contributed by atoms with Gasteiger partial charge in [-0.15, -0.1) is 0 Å². The summed E-state index contributed by atoms with van der Waals surface area (Å²) in [5.74, 6) is 2.44. The fourth-order valence-electron chi connectivity index (χ4n) is 1.73. The van der Waals surface area contributed by atoms with Crippen molar-refractivity contribution < 1.29 is 18.7 Å². The summed E-state index contributed by atoms with van der Waals surface area (Å²) in [4.78, 5) is 8.94. The van der Waals surface area contributed by atoms with Gasteiger partial charge in [0.15, 0.2) is 0 Å². The molecule has 0 aromatic carbocycles. The third-order valence-electron chi connectivity index (χ3n) is 2.86. The molecule has 21 heavy (non-hydrogen) atoms. The summed E-state index contributed by atoms with van der Waals surface area (Å²) < 4.78 is 20.7. The Bertz CT molecular complexity index is 261. The van der Waals surface area contributed by atoms with Gasteiger partial charge in [-0.1, -0.05) is 47.3 Å². The second-order valence-electron chi connectivity index (χ2n) is 5.10. The van der Waals surface area contributed by atoms with Gasteiger partial charge in [0.05, 0.1) is 6.61 Å². The van der Waals surface area contributed by atoms with E-state index in [2.05, 4.69) is 0 Å². The Morgan fingerprint density at radius 2 is 1.33 bits per heavy atom. The van der Waals surface area contributed by atoms with E-state index in [0.29, 0.717) is 6.61 Å². The molecule has 7 heteroatoms. The zero-order valence-electron chi connectivity index (χ0n) is 13.4. The lowest BCUT2D eigenvalue weighted by Crippen LogP contribution is -1.92. The lowest BCUT2D eigenvalue weighted by molar-refractivity contribution is 0.192. The highest BCUT2D eigenvalue weighted by Gasteiger charge is 2.08. The molecule has 0 radical (unpaired) electrons. The Hall–Kier alpha value is 0.810. The minimum absolute atomic E-state index is 0.398. The monoisotopic (exact) mass is 358 g/mol. The van der Waals surface area contributed by atoms with Crippen LogP contribution in [0.25, 0.3) is 0 Å². The van der Waals surface area contributed by atoms with E-state index in [1.54, 1.807) is 7.11 Å². The first-order valence-electron chi connectivity index (χ1n) is 7.74. The van der Waals surface area contributed by atoms with Crippen LogP contribution in [0.3, 0.4) is 0 Å². The largest absolute Gasteiger partial charge is 0.385 e. The smallest absolute Gasteiger partial charge is 0.325 e. The molecule has 0 bridgehead atoms. The summed E-state index contributed by atoms with van der Waals surface area (Å²) in [5, 5.41) is 0. The third kappa shape index (κ3) is 20.8. The molecule has 1 atom stereocenters. The van der Waals surface area contributed by atoms with Gasteiger partial charge in [0.1, 0.15) is 0 Å². The standard InChI is InChI=1S/C14H31O4PS2/c1-17-11-7-3-5-9-13-20-21-14-10-6-4-8-12-18-19(2,15)16/h3-14H2,1-2H3,(H,15,16). The van der Waals surface area contributed by atoms with Crippen molar-refractivity contribution in [3.63, 3.8) is 0 Å². The molecule has 0 fully saturated rings. The summed E-state index contributed by atoms with van der Waals surface area (Å²) in [6, 6.07) is 0. The highest BCUT2D eigenvalue weighted by Crippen LogP contribution is 2.36. The Morgan fingerprint density at radius 1 is 0.857 bits per heavy atom. The zero-order valence-corrected chi connectivity index (χ0v) is 15.9. The summed E-state index contributed by atoms with van der Waals surface area (Å²) >= 11 is 0. The van der Waals surface area contributed by atoms with E-state index < -0.39 is 7.60 Å². The SMILES string of the molecule is COCCCCCCSSCCCCCCOP(C)(=O)O. The Morgan fingerprint density at radius 3 is 1.81 bits per heavy atom. The lowest BCUT2D eigenvalue weighted by Gasteiger charge is -2.06. The maximum atomic E-state index is 10.9. The molecule has 0 aromatic heterocycles. The molecule has 0 spiro atoms. The van der Waals surface area contributed by atoms with Crippen molar-refractivity contribution in [1.82, 2.24) is 0 Å². The predicted molar refractivity (Wildman–Crippen MR) is 95.4 cm³/mol. The molecule has 0 saturated carbocycles. The minimum Gasteiger partial charge on any atom is -0.385 e. The normalized spacial score (nSPS) is 14.2. The van der Waals surface area contributed by atoms with E-state index >= 15 is 0 Å². The topological polar surface area (TPSA) is 55.8 Å². The van der Waals surface area contributed by atoms with Crippen molar-refractivity contribution in [2.45, 2.75) is 51.4 Å². The molecule has 1 N–H and O–H groups in total. The maximum Gasteiger partial charge on any atom is 0.325 e. The molecule has 0 heterocycles. The van der Waals surface area contributed by atoms with Crippen molar-refractivity contribution in [3.8, 4) is 0 Å². The second kappa shape index (κ2) is 15.7. The summed E-state index contributed by atoms with van der Waals surface area (Å²) in [5.41, 5.74) is 0. The highest BCUT2D eigenvalue weighted by atomic mass is 33.1. The van der Waals surface area contributed by atoms with Gasteiger partial charge in [-0.2, -0.15) is 0 Å². The molecule has 0 aliphatic rings. The van der Waals surface area contributed by atoms with E-state index in [1.165, 1.54) is 56.7 Å². The molecular weight excluding hydrogens is 327 g/mol. The number of ether oxygens (including phenoxy) is 1. The van der Waals surface area contributed by atoms with Crippen LogP contribution in [-0.2, 0) is 13.8 Å². The van der Waals surface area contributed by atoms with E-state index in [9.17, 15) is 4.57 Å². The summed E-state index contributed by atoms with van der Waals surface area (Å²) in [6.45, 7) is 2.52. The van der Waals surface area contributed by atoms with Crippen LogP contribution in [0, 0.1) is 0 Å². The van der Waals surface area contributed by atoms with Crippen molar-refractivity contribution in [2.75, 3.05) is 38.5 Å². The van der Waals surface area contributed by atoms with Crippen molar-refractivity contribution in [1.29, 1.82) is 0 Å². The van der Waals surface area contributed by atoms with Gasteiger partial charge < -0.3 is 14.2 Å². The van der Waals surface area contributed by atoms with E-state index in [1.807, 2.05) is 21.6 Å². The molecule has 4 nitrogen and oxygen atoms in total. The van der Waals surface area contributed by atoms with Gasteiger partial charge >= 0.3 is 7.60 Å². The van der Waals surface area contributed by atoms with Crippen LogP contribution >= 0.6 is 29.2 Å². The van der Waals surface area contributed by atoms with Crippen LogP contribution in [-0.4, -0.2) is 43.4 Å². The van der Waals surface area contributed by atoms with Crippen LogP contribution < -0.4 is 0 Å². The average Bonchev–Trinajstić information content (AvgIpc) is 2.42. The summed E-state index contributed by atoms with van der Waals surface area (Å²) in [7, 11) is 2.44. The first-order valence-corrected chi connectivity index (χ1v) is 12.3. The number of hydrogen-bond donors (Lipinski definition) is 1. The van der Waals surface area contributed by atoms with Gasteiger partial charge in [-0.05, 0) is 25.7 Å². The lowest BCUT2D eigenvalue weighted by atomic mass is 10.2. The fourth-order valence-corrected chi connectivity index (χ4v) is 4.49. The third-order valence-corrected chi connectivity index (χ3v) is 6.10. The van der Waals surface area contributed by atoms with Gasteiger partial charge in [-0.3, -0.25) is 4.57 Å². The molecule has 0 aromatic rings. The Balaban J connectivity index is 3.01. The predicted octanol–water partition coefficient (Wildman–Crippen LogP) is 4.97. The molecule has 0 saturated heterocycles. The Labute approximate surface area is 138 Å². The highest BCUT2D eigenvalue weighted by molar-refractivity contribution is 8.76. The molecule has 0 rings (SSSR count).